The molecule has 1 fully saturated rings. The highest BCUT2D eigenvalue weighted by molar-refractivity contribution is 9.10. The number of methoxy groups -OCH3 is 1. The lowest BCUT2D eigenvalue weighted by Crippen LogP contribution is -2.75. The first kappa shape index (κ1) is 31.6. The molecule has 0 spiro atoms. The molecule has 2 unspecified atom stereocenters. The fourth-order valence-electron chi connectivity index (χ4n) is 5.47. The molecule has 2 atom stereocenters. The van der Waals surface area contributed by atoms with Crippen molar-refractivity contribution >= 4 is 66.1 Å². The number of ether oxygens (including phenoxy) is 3. The number of hydrogen-bond acceptors (Lipinski definition) is 8. The molecular formula is C32H27BrClN3O8S. The summed E-state index contributed by atoms with van der Waals surface area (Å²) in [5, 5.41) is 2.00. The maximum absolute atomic E-state index is 13.6. The summed E-state index contributed by atoms with van der Waals surface area (Å²) in [5.74, 6) is -1.84. The zero-order valence-corrected chi connectivity index (χ0v) is 27.4. The number of amides is 2. The second kappa shape index (κ2) is 12.8. The first-order valence-electron chi connectivity index (χ1n) is 14.0. The summed E-state index contributed by atoms with van der Waals surface area (Å²) in [6.45, 7) is -0.507. The van der Waals surface area contributed by atoms with E-state index in [2.05, 4.69) is 26.2 Å². The fourth-order valence-corrected chi connectivity index (χ4v) is 8.07. The van der Waals surface area contributed by atoms with Crippen molar-refractivity contribution in [3.8, 4) is 11.5 Å². The second-order valence-corrected chi connectivity index (χ2v) is 14.0. The highest BCUT2D eigenvalue weighted by atomic mass is 79.9. The van der Waals surface area contributed by atoms with E-state index in [1.807, 2.05) is 0 Å². The summed E-state index contributed by atoms with van der Waals surface area (Å²) in [4.78, 5) is 43.8. The molecule has 4 aromatic rings. The minimum Gasteiger partial charge on any atom is -0.497 e. The predicted molar refractivity (Wildman–Crippen MR) is 173 cm³/mol. The number of esters is 1. The largest absolute Gasteiger partial charge is 0.497 e. The van der Waals surface area contributed by atoms with Crippen molar-refractivity contribution in [3.05, 3.63) is 105 Å². The van der Waals surface area contributed by atoms with Gasteiger partial charge in [-0.3, -0.25) is 14.5 Å². The Morgan fingerprint density at radius 3 is 2.50 bits per heavy atom. The number of benzene rings is 3. The van der Waals surface area contributed by atoms with Crippen molar-refractivity contribution in [1.82, 2.24) is 15.2 Å². The molecule has 46 heavy (non-hydrogen) atoms. The Morgan fingerprint density at radius 1 is 1.04 bits per heavy atom. The Hall–Kier alpha value is -4.33. The number of carbonyl (C=O) groups is 3. The van der Waals surface area contributed by atoms with E-state index < -0.39 is 44.8 Å². The smallest absolute Gasteiger partial charge is 0.355 e. The van der Waals surface area contributed by atoms with Crippen molar-refractivity contribution in [2.75, 3.05) is 19.5 Å². The second-order valence-electron chi connectivity index (χ2n) is 10.7. The average molecular weight is 729 g/mol. The molecule has 0 saturated carbocycles. The molecule has 238 valence electrons. The molecule has 2 amide bonds. The number of carbonyl (C=O) groups excluding carboxylic acids is 3. The van der Waals surface area contributed by atoms with Crippen LogP contribution < -0.4 is 14.8 Å². The Bertz CT molecular complexity index is 1980. The Labute approximate surface area is 277 Å². The van der Waals surface area contributed by atoms with Crippen molar-refractivity contribution in [3.63, 3.8) is 0 Å². The summed E-state index contributed by atoms with van der Waals surface area (Å²) in [6, 6.07) is 17.9. The van der Waals surface area contributed by atoms with E-state index >= 15 is 0 Å². The topological polar surface area (TPSA) is 144 Å². The number of nitrogens with one attached hydrogen (secondary N) is 2. The summed E-state index contributed by atoms with van der Waals surface area (Å²) >= 11 is 9.88. The third-order valence-electron chi connectivity index (χ3n) is 7.71. The molecule has 3 aromatic carbocycles. The molecule has 11 nitrogen and oxygen atoms in total. The SMILES string of the molecule is COc1ccc(COC(=O)C2=C(COc3c[nH]c4ccc(Br)c(Cl)c34)CS(=O)(=O)C3C(NC(=O)Cc4ccccc4)C(=O)N23)cc1. The Balaban J connectivity index is 1.29. The van der Waals surface area contributed by atoms with Crippen LogP contribution in [0.4, 0.5) is 0 Å². The number of β-lactam (4-membered cyclic amide) rings is 1. The third-order valence-corrected chi connectivity index (χ3v) is 11.0. The van der Waals surface area contributed by atoms with Gasteiger partial charge in [-0.1, -0.05) is 54.1 Å². The summed E-state index contributed by atoms with van der Waals surface area (Å²) < 4.78 is 44.6. The van der Waals surface area contributed by atoms with Gasteiger partial charge in [0.15, 0.2) is 15.2 Å². The molecule has 0 bridgehead atoms. The van der Waals surface area contributed by atoms with Crippen LogP contribution in [0.2, 0.25) is 5.02 Å². The van der Waals surface area contributed by atoms with E-state index in [-0.39, 0.29) is 30.9 Å². The number of fused-ring (bicyclic) bond motifs is 2. The van der Waals surface area contributed by atoms with Gasteiger partial charge in [0.1, 0.15) is 36.5 Å². The average Bonchev–Trinajstić information content (AvgIpc) is 3.47. The molecule has 2 N–H and O–H groups in total. The number of hydrogen-bond donors (Lipinski definition) is 2. The Morgan fingerprint density at radius 2 is 1.78 bits per heavy atom. The van der Waals surface area contributed by atoms with Crippen LogP contribution in [0.1, 0.15) is 11.1 Å². The molecule has 2 aliphatic heterocycles. The van der Waals surface area contributed by atoms with E-state index in [0.717, 1.165) is 4.90 Å². The lowest BCUT2D eigenvalue weighted by molar-refractivity contribution is -0.153. The number of aromatic amines is 1. The molecule has 14 heteroatoms. The van der Waals surface area contributed by atoms with E-state index in [0.29, 0.717) is 43.0 Å². The third kappa shape index (κ3) is 6.09. The number of sulfone groups is 1. The lowest BCUT2D eigenvalue weighted by atomic mass is 10.0. The van der Waals surface area contributed by atoms with Crippen molar-refractivity contribution in [2.24, 2.45) is 0 Å². The number of nitrogens with zero attached hydrogens (tertiary/aromatic N) is 1. The molecule has 1 aromatic heterocycles. The van der Waals surface area contributed by atoms with Crippen LogP contribution in [0.5, 0.6) is 11.5 Å². The first-order chi connectivity index (χ1) is 22.1. The highest BCUT2D eigenvalue weighted by Crippen LogP contribution is 2.40. The maximum Gasteiger partial charge on any atom is 0.355 e. The van der Waals surface area contributed by atoms with E-state index in [9.17, 15) is 22.8 Å². The van der Waals surface area contributed by atoms with Crippen LogP contribution >= 0.6 is 27.5 Å². The first-order valence-corrected chi connectivity index (χ1v) is 16.9. The fraction of sp³-hybridized carbons (Fsp3) is 0.219. The van der Waals surface area contributed by atoms with Gasteiger partial charge in [-0.05, 0) is 51.3 Å². The predicted octanol–water partition coefficient (Wildman–Crippen LogP) is 4.29. The minimum absolute atomic E-state index is 0.0267. The van der Waals surface area contributed by atoms with Crippen LogP contribution in [0.25, 0.3) is 10.9 Å². The van der Waals surface area contributed by atoms with Crippen molar-refractivity contribution in [2.45, 2.75) is 24.4 Å². The normalized spacial score (nSPS) is 18.5. The summed E-state index contributed by atoms with van der Waals surface area (Å²) in [7, 11) is -2.54. The number of aromatic nitrogens is 1. The Kier molecular flexibility index (Phi) is 8.82. The van der Waals surface area contributed by atoms with Crippen LogP contribution in [-0.4, -0.2) is 67.0 Å². The van der Waals surface area contributed by atoms with Crippen LogP contribution in [0.15, 0.2) is 88.7 Å². The minimum atomic E-state index is -4.07. The van der Waals surface area contributed by atoms with Gasteiger partial charge in [-0.25, -0.2) is 13.2 Å². The van der Waals surface area contributed by atoms with E-state index in [4.69, 9.17) is 25.8 Å². The van der Waals surface area contributed by atoms with Gasteiger partial charge in [0.05, 0.1) is 35.2 Å². The standard InChI is InChI=1S/C32H27BrClN3O8S/c1-43-21-9-7-19(8-10-21)15-45-32(40)29-20(16-44-24-14-35-23-12-11-22(33)27(34)26(23)24)17-46(41,42)31-28(30(39)37(29)31)36-25(38)13-18-5-3-2-4-6-18/h2-12,14,28,31,35H,13,15-17H2,1H3,(H,36,38). The van der Waals surface area contributed by atoms with Gasteiger partial charge in [-0.15, -0.1) is 0 Å². The molecule has 2 aliphatic rings. The molecule has 1 saturated heterocycles. The number of halogens is 2. The van der Waals surface area contributed by atoms with Gasteiger partial charge < -0.3 is 24.5 Å². The zero-order valence-electron chi connectivity index (χ0n) is 24.3. The maximum atomic E-state index is 13.6. The van der Waals surface area contributed by atoms with Crippen molar-refractivity contribution in [1.29, 1.82) is 0 Å². The van der Waals surface area contributed by atoms with Crippen LogP contribution in [-0.2, 0) is 42.0 Å². The lowest BCUT2D eigenvalue weighted by Gasteiger charge is -2.49. The molecule has 0 radical (unpaired) electrons. The van der Waals surface area contributed by atoms with Gasteiger partial charge in [0.2, 0.25) is 5.91 Å². The van der Waals surface area contributed by atoms with Gasteiger partial charge in [0.25, 0.3) is 5.91 Å². The van der Waals surface area contributed by atoms with Gasteiger partial charge in [-0.2, -0.15) is 0 Å². The van der Waals surface area contributed by atoms with Crippen molar-refractivity contribution < 1.29 is 37.0 Å². The van der Waals surface area contributed by atoms with Crippen LogP contribution in [0, 0.1) is 0 Å². The monoisotopic (exact) mass is 727 g/mol. The molecule has 6 rings (SSSR count). The quantitative estimate of drug-likeness (QED) is 0.182. The van der Waals surface area contributed by atoms with E-state index in [1.54, 1.807) is 72.9 Å². The summed E-state index contributed by atoms with van der Waals surface area (Å²) in [5.41, 5.74) is 1.81. The van der Waals surface area contributed by atoms with Gasteiger partial charge in [0, 0.05) is 16.2 Å². The number of rotatable bonds is 10. The zero-order chi connectivity index (χ0) is 32.6. The number of H-pyrrole nitrogens is 1. The summed E-state index contributed by atoms with van der Waals surface area (Å²) in [6.07, 6.45) is 1.52. The molecule has 0 aliphatic carbocycles. The van der Waals surface area contributed by atoms with Gasteiger partial charge >= 0.3 is 5.97 Å². The highest BCUT2D eigenvalue weighted by Gasteiger charge is 2.60. The molecule has 3 heterocycles. The van der Waals surface area contributed by atoms with E-state index in [1.165, 1.54) is 7.11 Å². The van der Waals surface area contributed by atoms with Crippen LogP contribution in [0.3, 0.4) is 0 Å². The molecular weight excluding hydrogens is 702 g/mol.